The molecule has 2 aromatic rings. The number of morpholine rings is 1. The van der Waals surface area contributed by atoms with Gasteiger partial charge in [0.15, 0.2) is 0 Å². The summed E-state index contributed by atoms with van der Waals surface area (Å²) in [5.74, 6) is 2.38. The van der Waals surface area contributed by atoms with Crippen molar-refractivity contribution in [3.05, 3.63) is 58.1 Å². The van der Waals surface area contributed by atoms with E-state index in [0.717, 1.165) is 68.3 Å². The molecule has 0 aliphatic carbocycles. The van der Waals surface area contributed by atoms with Gasteiger partial charge in [-0.15, -0.1) is 11.6 Å². The third-order valence-corrected chi connectivity index (χ3v) is 6.64. The van der Waals surface area contributed by atoms with E-state index in [-0.39, 0.29) is 5.41 Å². The molecule has 1 fully saturated rings. The first-order valence-electron chi connectivity index (χ1n) is 11.0. The van der Waals surface area contributed by atoms with Gasteiger partial charge in [-0.2, -0.15) is 0 Å². The van der Waals surface area contributed by atoms with Crippen molar-refractivity contribution in [2.45, 2.75) is 32.1 Å². The minimum Gasteiger partial charge on any atom is -0.494 e. The minimum atomic E-state index is -0.133. The van der Waals surface area contributed by atoms with Gasteiger partial charge in [0.25, 0.3) is 0 Å². The van der Waals surface area contributed by atoms with E-state index in [1.807, 2.05) is 6.07 Å². The Hall–Kier alpha value is -1.27. The summed E-state index contributed by atoms with van der Waals surface area (Å²) in [5.41, 5.74) is 2.34. The first-order valence-corrected chi connectivity index (χ1v) is 12.4. The van der Waals surface area contributed by atoms with Crippen LogP contribution < -0.4 is 9.47 Å². The first-order chi connectivity index (χ1) is 15.0. The fourth-order valence-electron chi connectivity index (χ4n) is 3.68. The molecule has 1 heterocycles. The average molecular weight is 511 g/mol. The normalized spacial score (nSPS) is 15.1. The van der Waals surface area contributed by atoms with Crippen molar-refractivity contribution in [1.29, 1.82) is 0 Å². The lowest BCUT2D eigenvalue weighted by molar-refractivity contribution is 0.0358. The van der Waals surface area contributed by atoms with Crippen LogP contribution >= 0.6 is 27.5 Å². The first kappa shape index (κ1) is 24.4. The monoisotopic (exact) mass is 509 g/mol. The highest BCUT2D eigenvalue weighted by Gasteiger charge is 2.24. The Kier molecular flexibility index (Phi) is 9.51. The van der Waals surface area contributed by atoms with E-state index in [1.54, 1.807) is 0 Å². The summed E-state index contributed by atoms with van der Waals surface area (Å²) in [6.07, 6.45) is 1.86. The number of halogens is 2. The molecule has 1 aliphatic heterocycles. The van der Waals surface area contributed by atoms with E-state index >= 15 is 0 Å². The van der Waals surface area contributed by atoms with Crippen molar-refractivity contribution < 1.29 is 14.2 Å². The molecular formula is C25H33BrClNO3. The molecule has 31 heavy (non-hydrogen) atoms. The smallest absolute Gasteiger partial charge is 0.133 e. The zero-order chi connectivity index (χ0) is 22.1. The molecule has 0 aromatic heterocycles. The van der Waals surface area contributed by atoms with E-state index in [1.165, 1.54) is 11.1 Å². The number of alkyl halides is 1. The van der Waals surface area contributed by atoms with Crippen LogP contribution in [0.2, 0.25) is 0 Å². The van der Waals surface area contributed by atoms with Crippen LogP contribution in [0.15, 0.2) is 46.9 Å². The Morgan fingerprint density at radius 1 is 0.968 bits per heavy atom. The summed E-state index contributed by atoms with van der Waals surface area (Å²) in [4.78, 5) is 2.44. The molecule has 170 valence electrons. The van der Waals surface area contributed by atoms with E-state index in [2.05, 4.69) is 71.1 Å². The van der Waals surface area contributed by atoms with Gasteiger partial charge in [0, 0.05) is 30.9 Å². The average Bonchev–Trinajstić information content (AvgIpc) is 2.79. The third-order valence-electron chi connectivity index (χ3n) is 5.76. The third kappa shape index (κ3) is 7.11. The zero-order valence-corrected chi connectivity index (χ0v) is 20.9. The molecule has 6 heteroatoms. The molecule has 0 spiro atoms. The quantitative estimate of drug-likeness (QED) is 0.279. The standard InChI is InChI=1S/C25H33BrClNO3/c1-25(2,21-7-10-24(23(26)19-21)31-15-3-11-27)20-5-8-22(9-6-20)30-16-4-12-28-13-17-29-18-14-28/h5-10,19H,3-4,11-18H2,1-2H3. The Bertz CT molecular complexity index is 807. The van der Waals surface area contributed by atoms with E-state index < -0.39 is 0 Å². The van der Waals surface area contributed by atoms with Crippen molar-refractivity contribution in [3.8, 4) is 11.5 Å². The minimum absolute atomic E-state index is 0.133. The van der Waals surface area contributed by atoms with Crippen LogP contribution in [-0.4, -0.2) is 56.8 Å². The predicted molar refractivity (Wildman–Crippen MR) is 131 cm³/mol. The van der Waals surface area contributed by atoms with Gasteiger partial charge in [-0.25, -0.2) is 0 Å². The topological polar surface area (TPSA) is 30.9 Å². The van der Waals surface area contributed by atoms with Crippen LogP contribution in [0, 0.1) is 0 Å². The number of nitrogens with zero attached hydrogens (tertiary/aromatic N) is 1. The van der Waals surface area contributed by atoms with E-state index in [4.69, 9.17) is 25.8 Å². The van der Waals surface area contributed by atoms with Gasteiger partial charge in [-0.1, -0.05) is 32.0 Å². The summed E-state index contributed by atoms with van der Waals surface area (Å²) in [5, 5.41) is 0. The van der Waals surface area contributed by atoms with Crippen LogP contribution in [0.3, 0.4) is 0 Å². The van der Waals surface area contributed by atoms with Crippen LogP contribution in [0.4, 0.5) is 0 Å². The van der Waals surface area contributed by atoms with Gasteiger partial charge in [0.05, 0.1) is 30.9 Å². The summed E-state index contributed by atoms with van der Waals surface area (Å²) in [6, 6.07) is 14.8. The maximum Gasteiger partial charge on any atom is 0.133 e. The molecule has 0 bridgehead atoms. The SMILES string of the molecule is CC(C)(c1ccc(OCCCN2CCOCC2)cc1)c1ccc(OCCCCl)c(Br)c1. The molecule has 4 nitrogen and oxygen atoms in total. The van der Waals surface area contributed by atoms with Crippen LogP contribution in [-0.2, 0) is 10.2 Å². The van der Waals surface area contributed by atoms with Gasteiger partial charge < -0.3 is 14.2 Å². The fourth-order valence-corrected chi connectivity index (χ4v) is 4.28. The van der Waals surface area contributed by atoms with Gasteiger partial charge in [-0.3, -0.25) is 4.90 Å². The lowest BCUT2D eigenvalue weighted by atomic mass is 9.78. The predicted octanol–water partition coefficient (Wildman–Crippen LogP) is 5.88. The molecule has 0 unspecified atom stereocenters. The molecular weight excluding hydrogens is 478 g/mol. The van der Waals surface area contributed by atoms with Crippen molar-refractivity contribution in [2.24, 2.45) is 0 Å². The number of hydrogen-bond donors (Lipinski definition) is 0. The molecule has 2 aromatic carbocycles. The Morgan fingerprint density at radius 2 is 1.65 bits per heavy atom. The highest BCUT2D eigenvalue weighted by molar-refractivity contribution is 9.10. The van der Waals surface area contributed by atoms with Gasteiger partial charge in [0.2, 0.25) is 0 Å². The van der Waals surface area contributed by atoms with Crippen molar-refractivity contribution in [1.82, 2.24) is 4.90 Å². The van der Waals surface area contributed by atoms with Gasteiger partial charge in [0.1, 0.15) is 11.5 Å². The highest BCUT2D eigenvalue weighted by atomic mass is 79.9. The lowest BCUT2D eigenvalue weighted by Gasteiger charge is -2.27. The maximum atomic E-state index is 5.96. The van der Waals surface area contributed by atoms with Crippen LogP contribution in [0.25, 0.3) is 0 Å². The largest absolute Gasteiger partial charge is 0.494 e. The molecule has 0 amide bonds. The molecule has 1 aliphatic rings. The van der Waals surface area contributed by atoms with Gasteiger partial charge in [-0.05, 0) is 64.2 Å². The Balaban J connectivity index is 1.54. The molecule has 1 saturated heterocycles. The summed E-state index contributed by atoms with van der Waals surface area (Å²) in [7, 11) is 0. The zero-order valence-electron chi connectivity index (χ0n) is 18.5. The Labute approximate surface area is 199 Å². The summed E-state index contributed by atoms with van der Waals surface area (Å²) >= 11 is 9.38. The van der Waals surface area contributed by atoms with Gasteiger partial charge >= 0.3 is 0 Å². The lowest BCUT2D eigenvalue weighted by Crippen LogP contribution is -2.37. The van der Waals surface area contributed by atoms with E-state index in [0.29, 0.717) is 12.5 Å². The second kappa shape index (κ2) is 12.1. The van der Waals surface area contributed by atoms with Crippen molar-refractivity contribution >= 4 is 27.5 Å². The fraction of sp³-hybridized carbons (Fsp3) is 0.520. The molecule has 3 rings (SSSR count). The summed E-state index contributed by atoms with van der Waals surface area (Å²) < 4.78 is 18.1. The number of hydrogen-bond acceptors (Lipinski definition) is 4. The molecule has 0 atom stereocenters. The van der Waals surface area contributed by atoms with Crippen molar-refractivity contribution in [2.75, 3.05) is 51.9 Å². The number of ether oxygens (including phenoxy) is 3. The molecule has 0 radical (unpaired) electrons. The number of benzene rings is 2. The molecule has 0 N–H and O–H groups in total. The second-order valence-electron chi connectivity index (χ2n) is 8.34. The molecule has 0 saturated carbocycles. The highest BCUT2D eigenvalue weighted by Crippen LogP contribution is 2.36. The van der Waals surface area contributed by atoms with Crippen LogP contribution in [0.1, 0.15) is 37.8 Å². The van der Waals surface area contributed by atoms with E-state index in [9.17, 15) is 0 Å². The van der Waals surface area contributed by atoms with Crippen molar-refractivity contribution in [3.63, 3.8) is 0 Å². The number of rotatable bonds is 11. The Morgan fingerprint density at radius 3 is 2.32 bits per heavy atom. The summed E-state index contributed by atoms with van der Waals surface area (Å²) in [6.45, 7) is 10.6. The van der Waals surface area contributed by atoms with Crippen LogP contribution in [0.5, 0.6) is 11.5 Å². The second-order valence-corrected chi connectivity index (χ2v) is 9.57. The maximum absolute atomic E-state index is 5.96.